The quantitative estimate of drug-likeness (QED) is 0.159. The number of fused-ring (bicyclic) bond motifs is 9. The average Bonchev–Trinajstić information content (AvgIpc) is 3.82. The Labute approximate surface area is 459 Å². The van der Waals surface area contributed by atoms with E-state index in [-0.39, 0.29) is 33.9 Å². The van der Waals surface area contributed by atoms with Crippen LogP contribution < -0.4 is 31.1 Å². The summed E-state index contributed by atoms with van der Waals surface area (Å²) in [6, 6.07) is 75.1. The molecule has 0 bridgehead atoms. The van der Waals surface area contributed by atoms with Gasteiger partial charge in [0.15, 0.2) is 0 Å². The number of rotatable bonds is 5. The lowest BCUT2D eigenvalue weighted by Gasteiger charge is -2.51. The van der Waals surface area contributed by atoms with Gasteiger partial charge in [-0.2, -0.15) is 0 Å². The van der Waals surface area contributed by atoms with Gasteiger partial charge in [-0.05, 0) is 176 Å². The predicted octanol–water partition coefficient (Wildman–Crippen LogP) is 17.6. The van der Waals surface area contributed by atoms with Gasteiger partial charge in [0.1, 0.15) is 0 Å². The zero-order valence-electron chi connectivity index (χ0n) is 47.3. The summed E-state index contributed by atoms with van der Waals surface area (Å²) in [5.41, 5.74) is 27.6. The van der Waals surface area contributed by atoms with Crippen LogP contribution in [-0.2, 0) is 33.6 Å². The Bertz CT molecular complexity index is 3820. The predicted molar refractivity (Wildman–Crippen MR) is 330 cm³/mol. The van der Waals surface area contributed by atoms with E-state index < -0.39 is 0 Å². The van der Waals surface area contributed by atoms with Crippen molar-refractivity contribution in [1.29, 1.82) is 0 Å². The van der Waals surface area contributed by atoms with E-state index in [9.17, 15) is 0 Å². The molecule has 0 fully saturated rings. The van der Waals surface area contributed by atoms with E-state index in [1.807, 2.05) is 0 Å². The Kier molecular flexibility index (Phi) is 11.0. The van der Waals surface area contributed by atoms with Gasteiger partial charge in [0.05, 0.1) is 11.2 Å². The van der Waals surface area contributed by atoms with Crippen molar-refractivity contribution in [1.82, 2.24) is 0 Å². The second-order valence-corrected chi connectivity index (χ2v) is 26.2. The summed E-state index contributed by atoms with van der Waals surface area (Å²) in [5.74, 6) is 0. The summed E-state index contributed by atoms with van der Waals surface area (Å²) in [4.78, 5) is 7.99. The third kappa shape index (κ3) is 7.52. The molecule has 0 amide bonds. The van der Waals surface area contributed by atoms with Crippen molar-refractivity contribution >= 4 is 68.6 Å². The summed E-state index contributed by atoms with van der Waals surface area (Å²) >= 11 is 0. The van der Waals surface area contributed by atoms with Crippen LogP contribution >= 0.6 is 0 Å². The Morgan fingerprint density at radius 2 is 0.961 bits per heavy atom. The summed E-state index contributed by atoms with van der Waals surface area (Å²) in [6.45, 7) is 28.3. The molecule has 9 aromatic carbocycles. The number of nitrogens with zero attached hydrogens (tertiary/aromatic N) is 3. The van der Waals surface area contributed by atoms with Gasteiger partial charge in [-0.25, -0.2) is 0 Å². The molecule has 4 aliphatic rings. The molecule has 2 unspecified atom stereocenters. The van der Waals surface area contributed by atoms with Crippen LogP contribution in [0.5, 0.6) is 0 Å². The molecule has 0 spiro atoms. The lowest BCUT2D eigenvalue weighted by atomic mass is 9.33. The van der Waals surface area contributed by atoms with Gasteiger partial charge in [-0.3, -0.25) is 0 Å². The van der Waals surface area contributed by atoms with Crippen LogP contribution in [0.3, 0.4) is 0 Å². The van der Waals surface area contributed by atoms with Crippen LogP contribution in [0.15, 0.2) is 194 Å². The Hall–Kier alpha value is -7.56. The highest BCUT2D eigenvalue weighted by Crippen LogP contribution is 2.64. The van der Waals surface area contributed by atoms with Crippen LogP contribution in [0, 0.1) is 6.92 Å². The van der Waals surface area contributed by atoms with Crippen molar-refractivity contribution in [2.75, 3.05) is 14.7 Å². The number of benzene rings is 9. The topological polar surface area (TPSA) is 9.72 Å². The molecule has 0 saturated carbocycles. The maximum Gasteiger partial charge on any atom is 0.252 e. The number of hydrogen-bond donors (Lipinski definition) is 0. The number of aryl methyl sites for hydroxylation is 2. The van der Waals surface area contributed by atoms with Gasteiger partial charge >= 0.3 is 0 Å². The Morgan fingerprint density at radius 3 is 1.62 bits per heavy atom. The summed E-state index contributed by atoms with van der Waals surface area (Å²) < 4.78 is 0. The van der Waals surface area contributed by atoms with Crippen LogP contribution in [0.25, 0.3) is 22.3 Å². The van der Waals surface area contributed by atoms with Gasteiger partial charge in [0, 0.05) is 50.8 Å². The summed E-state index contributed by atoms with van der Waals surface area (Å²) in [6.07, 6.45) is 2.14. The van der Waals surface area contributed by atoms with Crippen molar-refractivity contribution in [2.24, 2.45) is 0 Å². The monoisotopic (exact) mass is 1000 g/mol. The molecular formula is C73H72BN3. The molecule has 0 radical (unpaired) electrons. The minimum Gasteiger partial charge on any atom is -0.330 e. The molecule has 382 valence electrons. The molecule has 77 heavy (non-hydrogen) atoms. The third-order valence-electron chi connectivity index (χ3n) is 18.4. The molecule has 4 heteroatoms. The van der Waals surface area contributed by atoms with E-state index >= 15 is 0 Å². The Balaban J connectivity index is 1.10. The minimum atomic E-state index is -0.352. The second-order valence-electron chi connectivity index (χ2n) is 26.2. The fourth-order valence-electron chi connectivity index (χ4n) is 13.9. The highest BCUT2D eigenvalue weighted by molar-refractivity contribution is 7.00. The van der Waals surface area contributed by atoms with Gasteiger partial charge in [0.25, 0.3) is 6.71 Å². The van der Waals surface area contributed by atoms with Crippen molar-refractivity contribution < 1.29 is 0 Å². The largest absolute Gasteiger partial charge is 0.330 e. The fourth-order valence-corrected chi connectivity index (χ4v) is 13.9. The Morgan fingerprint density at radius 1 is 0.416 bits per heavy atom. The standard InChI is InChI=1S/C73H72BN3/c1-47-41-66-68-67(42-47)76(62-37-30-53(70(5,6)7)44-57(62)49-23-17-14-18-24-49)64-43-51(48-21-15-13-16-22-48)27-35-60(64)74(68)61-36-34-56(46-65(61)75(66)55-32-28-52(29-33-55)69(2,3)4)77-63-38-31-54(71(8,9)10)45-59(63)72(11)40-39-50-25-19-20-26-58(50)73(72,77)12/h13-38,41-46H,39-40H2,1-12H3. The number of anilines is 8. The van der Waals surface area contributed by atoms with Gasteiger partial charge in [0.2, 0.25) is 0 Å². The van der Waals surface area contributed by atoms with E-state index in [0.717, 1.165) is 18.5 Å². The van der Waals surface area contributed by atoms with Crippen LogP contribution in [-0.4, -0.2) is 6.71 Å². The first kappa shape index (κ1) is 49.0. The molecule has 13 rings (SSSR count). The van der Waals surface area contributed by atoms with Crippen LogP contribution in [0.1, 0.15) is 122 Å². The third-order valence-corrected chi connectivity index (χ3v) is 18.4. The fraction of sp³-hybridized carbons (Fsp3) is 0.260. The summed E-state index contributed by atoms with van der Waals surface area (Å²) in [7, 11) is 0. The van der Waals surface area contributed by atoms with E-state index in [2.05, 4.69) is 292 Å². The van der Waals surface area contributed by atoms with Crippen molar-refractivity contribution in [3.8, 4) is 22.3 Å². The molecule has 9 aromatic rings. The first-order valence-electron chi connectivity index (χ1n) is 28.2. The van der Waals surface area contributed by atoms with Gasteiger partial charge in [-0.15, -0.1) is 0 Å². The molecule has 3 nitrogen and oxygen atoms in total. The highest BCUT2D eigenvalue weighted by atomic mass is 15.3. The zero-order chi connectivity index (χ0) is 53.6. The van der Waals surface area contributed by atoms with Crippen molar-refractivity contribution in [3.63, 3.8) is 0 Å². The van der Waals surface area contributed by atoms with Gasteiger partial charge in [-0.1, -0.05) is 203 Å². The molecule has 0 N–H and O–H groups in total. The van der Waals surface area contributed by atoms with E-state index in [1.54, 1.807) is 0 Å². The van der Waals surface area contributed by atoms with E-state index in [0.29, 0.717) is 0 Å². The van der Waals surface area contributed by atoms with Crippen LogP contribution in [0.2, 0.25) is 0 Å². The molecule has 0 aromatic heterocycles. The lowest BCUT2D eigenvalue weighted by Crippen LogP contribution is -2.61. The summed E-state index contributed by atoms with van der Waals surface area (Å²) in [5, 5.41) is 0. The average molecular weight is 1000 g/mol. The molecule has 3 aliphatic heterocycles. The molecular weight excluding hydrogens is 930 g/mol. The first-order chi connectivity index (χ1) is 36.7. The first-order valence-corrected chi connectivity index (χ1v) is 28.2. The van der Waals surface area contributed by atoms with E-state index in [4.69, 9.17) is 0 Å². The lowest BCUT2D eigenvalue weighted by molar-refractivity contribution is 0.245. The maximum atomic E-state index is 2.75. The van der Waals surface area contributed by atoms with Crippen LogP contribution in [0.4, 0.5) is 45.5 Å². The van der Waals surface area contributed by atoms with E-state index in [1.165, 1.54) is 117 Å². The molecule has 2 atom stereocenters. The van der Waals surface area contributed by atoms with Crippen molar-refractivity contribution in [3.05, 3.63) is 233 Å². The zero-order valence-corrected chi connectivity index (χ0v) is 47.3. The highest BCUT2D eigenvalue weighted by Gasteiger charge is 2.60. The second kappa shape index (κ2) is 17.2. The SMILES string of the molecule is Cc1cc2c3c(c1)N(c1ccc(C(C)(C)C)cc1-c1ccccc1)c1cc(-c4ccccc4)ccc1B3c1ccc(N3c4ccc(C(C)(C)C)cc4C4(C)CCc5ccccc5C34C)cc1N2c1ccc(C(C)(C)C)cc1. The molecule has 0 saturated heterocycles. The van der Waals surface area contributed by atoms with Crippen molar-refractivity contribution in [2.45, 2.75) is 123 Å². The maximum absolute atomic E-state index is 2.75. The smallest absolute Gasteiger partial charge is 0.252 e. The molecule has 3 heterocycles. The minimum absolute atomic E-state index is 0.00922. The number of hydrogen-bond acceptors (Lipinski definition) is 3. The normalized spacial score (nSPS) is 18.3. The van der Waals surface area contributed by atoms with Gasteiger partial charge < -0.3 is 14.7 Å². The molecule has 1 aliphatic carbocycles.